The maximum atomic E-state index is 13.1. The Balaban J connectivity index is 5.24. The third-order valence-electron chi connectivity index (χ3n) is 19.2. The molecule has 600 valence electrons. The van der Waals surface area contributed by atoms with E-state index in [0.717, 1.165) is 102 Å². The minimum atomic E-state index is -4.96. The predicted molar refractivity (Wildman–Crippen MR) is 414 cm³/mol. The summed E-state index contributed by atoms with van der Waals surface area (Å²) in [5, 5.41) is 10.6. The van der Waals surface area contributed by atoms with Crippen LogP contribution >= 0.6 is 15.6 Å². The average Bonchev–Trinajstić information content (AvgIpc) is 0.934. The zero-order valence-electron chi connectivity index (χ0n) is 66.2. The van der Waals surface area contributed by atoms with Gasteiger partial charge >= 0.3 is 39.5 Å². The molecule has 0 heterocycles. The summed E-state index contributed by atoms with van der Waals surface area (Å²) in [6, 6.07) is 0. The summed E-state index contributed by atoms with van der Waals surface area (Å²) < 4.78 is 68.8. The first-order valence-electron chi connectivity index (χ1n) is 42.5. The standard InChI is InChI=1S/C82H160O17P2/c1-7-9-11-13-15-17-19-21-22-23-24-28-31-35-41-47-53-59-65-80(85)93-70-77(98-81(86)66-60-54-48-42-36-32-29-26-25-27-30-33-38-44-50-56-62-74(3)4)72-96-100(88,89)94-68-76(83)69-95-101(90,91)97-73-78(99-82(87)67-61-55-49-43-37-39-45-51-57-63-75(5)6)71-92-79(84)64-58-52-46-40-34-20-18-16-14-12-10-8-2/h74-78,83H,7-73H2,1-6H3,(H,88,89)(H,90,91)/t76-,77-,78-/m1/s1. The van der Waals surface area contributed by atoms with Crippen LogP contribution in [0.1, 0.15) is 433 Å². The van der Waals surface area contributed by atoms with E-state index in [1.54, 1.807) is 0 Å². The van der Waals surface area contributed by atoms with Crippen LogP contribution in [-0.4, -0.2) is 96.7 Å². The van der Waals surface area contributed by atoms with Crippen LogP contribution in [0.25, 0.3) is 0 Å². The van der Waals surface area contributed by atoms with Crippen molar-refractivity contribution < 1.29 is 80.2 Å². The first-order valence-corrected chi connectivity index (χ1v) is 45.5. The van der Waals surface area contributed by atoms with E-state index in [4.69, 9.17) is 37.0 Å². The van der Waals surface area contributed by atoms with Crippen LogP contribution in [0.5, 0.6) is 0 Å². The number of carbonyl (C=O) groups is 4. The van der Waals surface area contributed by atoms with Gasteiger partial charge in [-0.1, -0.05) is 382 Å². The quantitative estimate of drug-likeness (QED) is 0.0222. The lowest BCUT2D eigenvalue weighted by Gasteiger charge is -2.21. The van der Waals surface area contributed by atoms with Crippen molar-refractivity contribution in [2.45, 2.75) is 452 Å². The number of phosphoric ester groups is 2. The molecule has 0 aliphatic carbocycles. The maximum absolute atomic E-state index is 13.1. The van der Waals surface area contributed by atoms with Crippen molar-refractivity contribution >= 4 is 39.5 Å². The van der Waals surface area contributed by atoms with Gasteiger partial charge in [-0.15, -0.1) is 0 Å². The first-order chi connectivity index (χ1) is 48.9. The van der Waals surface area contributed by atoms with Gasteiger partial charge in [-0.3, -0.25) is 37.3 Å². The van der Waals surface area contributed by atoms with Gasteiger partial charge in [0.1, 0.15) is 19.3 Å². The van der Waals surface area contributed by atoms with Gasteiger partial charge in [0.15, 0.2) is 12.2 Å². The molecule has 0 aromatic heterocycles. The summed E-state index contributed by atoms with van der Waals surface area (Å²) in [6.45, 7) is 9.65. The Hall–Kier alpha value is -1.94. The highest BCUT2D eigenvalue weighted by molar-refractivity contribution is 7.47. The second-order valence-corrected chi connectivity index (χ2v) is 33.4. The smallest absolute Gasteiger partial charge is 0.462 e. The zero-order chi connectivity index (χ0) is 74.2. The van der Waals surface area contributed by atoms with Crippen molar-refractivity contribution in [1.82, 2.24) is 0 Å². The van der Waals surface area contributed by atoms with Crippen LogP contribution in [-0.2, 0) is 65.4 Å². The predicted octanol–water partition coefficient (Wildman–Crippen LogP) is 24.7. The van der Waals surface area contributed by atoms with Crippen molar-refractivity contribution in [2.75, 3.05) is 39.6 Å². The van der Waals surface area contributed by atoms with Gasteiger partial charge in [0.2, 0.25) is 0 Å². The Kier molecular flexibility index (Phi) is 72.2. The van der Waals surface area contributed by atoms with Gasteiger partial charge in [-0.25, -0.2) is 9.13 Å². The number of hydrogen-bond acceptors (Lipinski definition) is 15. The maximum Gasteiger partial charge on any atom is 0.472 e. The number of phosphoric acid groups is 2. The van der Waals surface area contributed by atoms with E-state index in [1.165, 1.54) is 250 Å². The number of aliphatic hydroxyl groups is 1. The van der Waals surface area contributed by atoms with Crippen LogP contribution in [0.15, 0.2) is 0 Å². The Morgan fingerprint density at radius 2 is 0.455 bits per heavy atom. The molecule has 0 fully saturated rings. The summed E-state index contributed by atoms with van der Waals surface area (Å²) in [5.41, 5.74) is 0. The molecule has 0 aromatic carbocycles. The fourth-order valence-corrected chi connectivity index (χ4v) is 14.3. The molecule has 0 saturated carbocycles. The van der Waals surface area contributed by atoms with E-state index in [2.05, 4.69) is 41.5 Å². The van der Waals surface area contributed by atoms with Crippen molar-refractivity contribution in [3.8, 4) is 0 Å². The fraction of sp³-hybridized carbons (Fsp3) is 0.951. The Labute approximate surface area is 619 Å². The largest absolute Gasteiger partial charge is 0.472 e. The van der Waals surface area contributed by atoms with Crippen LogP contribution < -0.4 is 0 Å². The van der Waals surface area contributed by atoms with Gasteiger partial charge in [0, 0.05) is 25.7 Å². The second-order valence-electron chi connectivity index (χ2n) is 30.5. The molecular formula is C82H160O17P2. The highest BCUT2D eigenvalue weighted by Gasteiger charge is 2.30. The number of carbonyl (C=O) groups excluding carboxylic acids is 4. The molecule has 0 aromatic rings. The van der Waals surface area contributed by atoms with Crippen LogP contribution in [0.3, 0.4) is 0 Å². The number of rotatable bonds is 81. The lowest BCUT2D eigenvalue weighted by Crippen LogP contribution is -2.30. The number of unbranched alkanes of at least 4 members (excludes halogenated alkanes) is 51. The van der Waals surface area contributed by atoms with E-state index in [-0.39, 0.29) is 25.7 Å². The molecule has 0 spiro atoms. The minimum absolute atomic E-state index is 0.106. The lowest BCUT2D eigenvalue weighted by atomic mass is 10.0. The normalized spacial score (nSPS) is 13.9. The SMILES string of the molecule is CCCCCCCCCCCCCCCCCCCCC(=O)OC[C@H](COP(=O)(O)OC[C@@H](O)COP(=O)(O)OC[C@@H](COC(=O)CCCCCCCCCCCCCC)OC(=O)CCCCCCCCCCCC(C)C)OC(=O)CCCCCCCCCCCCCCCCCCC(C)C. The molecule has 101 heavy (non-hydrogen) atoms. The minimum Gasteiger partial charge on any atom is -0.462 e. The van der Waals surface area contributed by atoms with Crippen LogP contribution in [0.2, 0.25) is 0 Å². The Bertz CT molecular complexity index is 1940. The Morgan fingerprint density at radius 3 is 0.673 bits per heavy atom. The molecule has 17 nitrogen and oxygen atoms in total. The van der Waals surface area contributed by atoms with Crippen molar-refractivity contribution in [3.63, 3.8) is 0 Å². The van der Waals surface area contributed by atoms with Gasteiger partial charge in [-0.05, 0) is 37.5 Å². The number of aliphatic hydroxyl groups excluding tert-OH is 1. The molecule has 0 radical (unpaired) electrons. The molecule has 5 atom stereocenters. The van der Waals surface area contributed by atoms with E-state index < -0.39 is 97.5 Å². The van der Waals surface area contributed by atoms with E-state index >= 15 is 0 Å². The van der Waals surface area contributed by atoms with Crippen molar-refractivity contribution in [3.05, 3.63) is 0 Å². The molecule has 0 aliphatic rings. The second kappa shape index (κ2) is 73.6. The number of ether oxygens (including phenoxy) is 4. The Morgan fingerprint density at radius 1 is 0.267 bits per heavy atom. The van der Waals surface area contributed by atoms with E-state index in [1.807, 2.05) is 0 Å². The molecule has 2 unspecified atom stereocenters. The highest BCUT2D eigenvalue weighted by atomic mass is 31.2. The highest BCUT2D eigenvalue weighted by Crippen LogP contribution is 2.45. The van der Waals surface area contributed by atoms with Crippen LogP contribution in [0.4, 0.5) is 0 Å². The molecule has 0 aliphatic heterocycles. The van der Waals surface area contributed by atoms with E-state index in [0.29, 0.717) is 25.7 Å². The molecule has 0 amide bonds. The number of hydrogen-bond donors (Lipinski definition) is 3. The van der Waals surface area contributed by atoms with Crippen molar-refractivity contribution in [1.29, 1.82) is 0 Å². The zero-order valence-corrected chi connectivity index (χ0v) is 68.0. The van der Waals surface area contributed by atoms with Gasteiger partial charge in [0.25, 0.3) is 0 Å². The molecule has 0 saturated heterocycles. The summed E-state index contributed by atoms with van der Waals surface area (Å²) in [7, 11) is -9.92. The summed E-state index contributed by atoms with van der Waals surface area (Å²) in [6.07, 6.45) is 63.8. The molecule has 19 heteroatoms. The fourth-order valence-electron chi connectivity index (χ4n) is 12.7. The molecular weight excluding hydrogens is 1320 g/mol. The number of esters is 4. The third-order valence-corrected chi connectivity index (χ3v) is 21.1. The summed E-state index contributed by atoms with van der Waals surface area (Å²) in [4.78, 5) is 73.1. The van der Waals surface area contributed by atoms with Crippen molar-refractivity contribution in [2.24, 2.45) is 11.8 Å². The summed E-state index contributed by atoms with van der Waals surface area (Å²) in [5.74, 6) is -0.561. The first kappa shape index (κ1) is 99.1. The average molecular weight is 1480 g/mol. The molecule has 0 rings (SSSR count). The summed E-state index contributed by atoms with van der Waals surface area (Å²) >= 11 is 0. The van der Waals surface area contributed by atoms with Gasteiger partial charge in [0.05, 0.1) is 26.4 Å². The van der Waals surface area contributed by atoms with Gasteiger partial charge in [-0.2, -0.15) is 0 Å². The molecule has 0 bridgehead atoms. The van der Waals surface area contributed by atoms with Crippen LogP contribution in [0, 0.1) is 11.8 Å². The lowest BCUT2D eigenvalue weighted by molar-refractivity contribution is -0.161. The topological polar surface area (TPSA) is 237 Å². The van der Waals surface area contributed by atoms with E-state index in [9.17, 15) is 43.2 Å². The van der Waals surface area contributed by atoms with Gasteiger partial charge < -0.3 is 33.8 Å². The third kappa shape index (κ3) is 76.1. The molecule has 3 N–H and O–H groups in total. The monoisotopic (exact) mass is 1480 g/mol.